The second kappa shape index (κ2) is 10.2. The fourth-order valence-corrected chi connectivity index (χ4v) is 5.09. The Morgan fingerprint density at radius 2 is 1.69 bits per heavy atom. The summed E-state index contributed by atoms with van der Waals surface area (Å²) in [6.45, 7) is 2.49. The van der Waals surface area contributed by atoms with Gasteiger partial charge in [-0.2, -0.15) is 4.31 Å². The maximum absolute atomic E-state index is 12.6. The molecule has 2 fully saturated rings. The molecule has 2 aliphatic rings. The molecule has 9 heteroatoms. The first-order chi connectivity index (χ1) is 14.0. The predicted octanol–water partition coefficient (Wildman–Crippen LogP) is 0.815. The van der Waals surface area contributed by atoms with Gasteiger partial charge in [0, 0.05) is 32.8 Å². The topological polar surface area (TPSA) is 105 Å². The van der Waals surface area contributed by atoms with E-state index < -0.39 is 21.8 Å². The van der Waals surface area contributed by atoms with Crippen molar-refractivity contribution in [1.29, 1.82) is 0 Å². The summed E-state index contributed by atoms with van der Waals surface area (Å²) in [7, 11) is -3.44. The number of sulfonamides is 1. The molecule has 3 rings (SSSR count). The molecule has 1 aromatic carbocycles. The number of nitrogens with one attached hydrogen (secondary N) is 2. The van der Waals surface area contributed by atoms with Crippen molar-refractivity contribution in [3.8, 4) is 0 Å². The zero-order valence-corrected chi connectivity index (χ0v) is 17.4. The van der Waals surface area contributed by atoms with Crippen molar-refractivity contribution in [2.45, 2.75) is 49.5 Å². The molecule has 0 bridgehead atoms. The summed E-state index contributed by atoms with van der Waals surface area (Å²) in [5.41, 5.74) is 0.891. The lowest BCUT2D eigenvalue weighted by Crippen LogP contribution is -2.43. The van der Waals surface area contributed by atoms with E-state index in [1.165, 1.54) is 0 Å². The van der Waals surface area contributed by atoms with Gasteiger partial charge in [0.1, 0.15) is 0 Å². The first-order valence-corrected chi connectivity index (χ1v) is 11.7. The minimum absolute atomic E-state index is 0.00789. The van der Waals surface area contributed by atoms with Gasteiger partial charge in [-0.05, 0) is 49.8 Å². The summed E-state index contributed by atoms with van der Waals surface area (Å²) >= 11 is 0. The zero-order valence-electron chi connectivity index (χ0n) is 16.6. The summed E-state index contributed by atoms with van der Waals surface area (Å²) in [4.78, 5) is 23.9. The number of carbonyl (C=O) groups excluding carboxylic acids is 2. The Balaban J connectivity index is 1.42. The average molecular weight is 424 g/mol. The molecule has 2 amide bonds. The highest BCUT2D eigenvalue weighted by Crippen LogP contribution is 2.20. The van der Waals surface area contributed by atoms with Crippen molar-refractivity contribution < 1.29 is 22.7 Å². The van der Waals surface area contributed by atoms with Crippen LogP contribution in [0.5, 0.6) is 0 Å². The van der Waals surface area contributed by atoms with Crippen molar-refractivity contribution in [3.05, 3.63) is 29.8 Å². The number of benzene rings is 1. The van der Waals surface area contributed by atoms with E-state index in [0.29, 0.717) is 44.1 Å². The van der Waals surface area contributed by atoms with E-state index in [1.807, 2.05) is 0 Å². The maximum Gasteiger partial charge on any atom is 0.309 e. The van der Waals surface area contributed by atoms with E-state index in [9.17, 15) is 18.0 Å². The molecule has 8 nitrogen and oxygen atoms in total. The van der Waals surface area contributed by atoms with Gasteiger partial charge in [0.25, 0.3) is 0 Å². The van der Waals surface area contributed by atoms with Gasteiger partial charge in [-0.15, -0.1) is 0 Å². The van der Waals surface area contributed by atoms with Gasteiger partial charge < -0.3 is 15.4 Å². The second-order valence-corrected chi connectivity index (χ2v) is 9.40. The number of ether oxygens (including phenoxy) is 1. The molecule has 2 heterocycles. The van der Waals surface area contributed by atoms with Crippen LogP contribution in [0.25, 0.3) is 0 Å². The molecule has 2 saturated heterocycles. The molecule has 2 aliphatic heterocycles. The molecular formula is C20H29N3O5S. The number of carbonyl (C=O) groups is 2. The highest BCUT2D eigenvalue weighted by molar-refractivity contribution is 7.89. The third-order valence-electron chi connectivity index (χ3n) is 5.30. The van der Waals surface area contributed by atoms with Crippen LogP contribution in [0.15, 0.2) is 29.2 Å². The highest BCUT2D eigenvalue weighted by atomic mass is 32.2. The predicted molar refractivity (Wildman–Crippen MR) is 108 cm³/mol. The zero-order chi connectivity index (χ0) is 20.7. The van der Waals surface area contributed by atoms with Crippen LogP contribution in [0, 0.1) is 0 Å². The number of amides is 2. The van der Waals surface area contributed by atoms with E-state index in [4.69, 9.17) is 4.74 Å². The Kier molecular flexibility index (Phi) is 7.63. The van der Waals surface area contributed by atoms with E-state index >= 15 is 0 Å². The van der Waals surface area contributed by atoms with Crippen molar-refractivity contribution in [2.75, 3.05) is 32.8 Å². The number of rotatable bonds is 7. The number of piperidine rings is 1. The standard InChI is InChI=1S/C20H29N3O5S/c24-19(20(25)22-15-17-5-4-14-28-17)21-11-10-16-6-8-18(9-7-16)29(26,27)23-12-2-1-3-13-23/h6-9,17H,1-5,10-15H2,(H,21,24)(H,22,25). The molecule has 0 saturated carbocycles. The molecule has 0 spiro atoms. The minimum atomic E-state index is -3.44. The van der Waals surface area contributed by atoms with E-state index in [0.717, 1.165) is 37.7 Å². The molecule has 1 unspecified atom stereocenters. The van der Waals surface area contributed by atoms with Crippen molar-refractivity contribution in [1.82, 2.24) is 14.9 Å². The molecule has 0 radical (unpaired) electrons. The van der Waals surface area contributed by atoms with Crippen LogP contribution < -0.4 is 10.6 Å². The smallest absolute Gasteiger partial charge is 0.309 e. The highest BCUT2D eigenvalue weighted by Gasteiger charge is 2.25. The monoisotopic (exact) mass is 423 g/mol. The van der Waals surface area contributed by atoms with Crippen LogP contribution in [0.2, 0.25) is 0 Å². The lowest BCUT2D eigenvalue weighted by atomic mass is 10.1. The van der Waals surface area contributed by atoms with Gasteiger partial charge in [-0.3, -0.25) is 9.59 Å². The van der Waals surface area contributed by atoms with E-state index in [1.54, 1.807) is 28.6 Å². The van der Waals surface area contributed by atoms with Crippen LogP contribution in [-0.4, -0.2) is 63.4 Å². The SMILES string of the molecule is O=C(NCCc1ccc(S(=O)(=O)N2CCCCC2)cc1)C(=O)NCC1CCCO1. The van der Waals surface area contributed by atoms with Crippen LogP contribution in [0.1, 0.15) is 37.7 Å². The summed E-state index contributed by atoms with van der Waals surface area (Å²) in [6, 6.07) is 6.71. The van der Waals surface area contributed by atoms with Gasteiger partial charge in [-0.1, -0.05) is 18.6 Å². The number of hydrogen-bond donors (Lipinski definition) is 2. The Hall–Kier alpha value is -1.97. The van der Waals surface area contributed by atoms with Crippen molar-refractivity contribution in [3.63, 3.8) is 0 Å². The normalized spacial score (nSPS) is 20.3. The third-order valence-corrected chi connectivity index (χ3v) is 7.21. The molecular weight excluding hydrogens is 394 g/mol. The van der Waals surface area contributed by atoms with Crippen LogP contribution in [-0.2, 0) is 30.8 Å². The summed E-state index contributed by atoms with van der Waals surface area (Å²) in [5, 5.41) is 5.17. The van der Waals surface area contributed by atoms with Gasteiger partial charge in [0.2, 0.25) is 10.0 Å². The van der Waals surface area contributed by atoms with Crippen LogP contribution >= 0.6 is 0 Å². The lowest BCUT2D eigenvalue weighted by Gasteiger charge is -2.25. The summed E-state index contributed by atoms with van der Waals surface area (Å²) < 4.78 is 32.2. The van der Waals surface area contributed by atoms with Crippen molar-refractivity contribution >= 4 is 21.8 Å². The van der Waals surface area contributed by atoms with Gasteiger partial charge in [0.15, 0.2) is 0 Å². The Bertz CT molecular complexity index is 798. The second-order valence-electron chi connectivity index (χ2n) is 7.46. The van der Waals surface area contributed by atoms with Gasteiger partial charge in [0.05, 0.1) is 11.0 Å². The molecule has 1 atom stereocenters. The number of hydrogen-bond acceptors (Lipinski definition) is 5. The first-order valence-electron chi connectivity index (χ1n) is 10.2. The first kappa shape index (κ1) is 21.7. The van der Waals surface area contributed by atoms with E-state index in [2.05, 4.69) is 10.6 Å². The Morgan fingerprint density at radius 1 is 1.00 bits per heavy atom. The Morgan fingerprint density at radius 3 is 2.34 bits per heavy atom. The van der Waals surface area contributed by atoms with E-state index in [-0.39, 0.29) is 6.10 Å². The fraction of sp³-hybridized carbons (Fsp3) is 0.600. The molecule has 1 aromatic rings. The Labute approximate surface area is 172 Å². The average Bonchev–Trinajstić information content (AvgIpc) is 3.26. The van der Waals surface area contributed by atoms with Crippen LogP contribution in [0.4, 0.5) is 0 Å². The lowest BCUT2D eigenvalue weighted by molar-refractivity contribution is -0.139. The molecule has 0 aromatic heterocycles. The van der Waals surface area contributed by atoms with Gasteiger partial charge >= 0.3 is 11.8 Å². The molecule has 29 heavy (non-hydrogen) atoms. The van der Waals surface area contributed by atoms with Gasteiger partial charge in [-0.25, -0.2) is 8.42 Å². The largest absolute Gasteiger partial charge is 0.376 e. The molecule has 160 valence electrons. The van der Waals surface area contributed by atoms with Crippen molar-refractivity contribution in [2.24, 2.45) is 0 Å². The quantitative estimate of drug-likeness (QED) is 0.632. The molecule has 0 aliphatic carbocycles. The maximum atomic E-state index is 12.6. The minimum Gasteiger partial charge on any atom is -0.376 e. The fourth-order valence-electron chi connectivity index (χ4n) is 3.58. The summed E-state index contributed by atoms with van der Waals surface area (Å²) in [5.74, 6) is -1.34. The number of nitrogens with zero attached hydrogens (tertiary/aromatic N) is 1. The summed E-state index contributed by atoms with van der Waals surface area (Å²) in [6.07, 6.45) is 5.25. The molecule has 2 N–H and O–H groups in total. The van der Waals surface area contributed by atoms with Crippen LogP contribution in [0.3, 0.4) is 0 Å². The third kappa shape index (κ3) is 6.01.